The molecule has 0 amide bonds. The van der Waals surface area contributed by atoms with Crippen LogP contribution in [0.15, 0.2) is 70.8 Å². The summed E-state index contributed by atoms with van der Waals surface area (Å²) in [7, 11) is 0. The summed E-state index contributed by atoms with van der Waals surface area (Å²) in [6, 6.07) is 13.5. The van der Waals surface area contributed by atoms with E-state index in [0.29, 0.717) is 44.5 Å². The topological polar surface area (TPSA) is 85.3 Å². The Balaban J connectivity index is 1.45. The van der Waals surface area contributed by atoms with Gasteiger partial charge in [-0.2, -0.15) is 0 Å². The molecule has 0 atom stereocenters. The molecule has 0 aliphatic heterocycles. The standard InChI is InChI=1S/C27H18O5/c28-23-13-9-19-20(25(30)16-6-2-1-5-15(16)24(19)29)10-14(23)12-22-21(11-13)26(31)17-7-3-4-8-18(17)27(22)32/h1-8,13-14H,9-12H2. The maximum atomic E-state index is 13.4. The molecule has 2 bridgehead atoms. The van der Waals surface area contributed by atoms with Gasteiger partial charge in [-0.25, -0.2) is 0 Å². The first-order valence-corrected chi connectivity index (χ1v) is 10.8. The summed E-state index contributed by atoms with van der Waals surface area (Å²) in [5.74, 6) is -2.09. The van der Waals surface area contributed by atoms with Gasteiger partial charge in [-0.1, -0.05) is 48.5 Å². The van der Waals surface area contributed by atoms with Gasteiger partial charge in [0.15, 0.2) is 23.1 Å². The van der Waals surface area contributed by atoms with Crippen LogP contribution in [-0.4, -0.2) is 28.9 Å². The molecule has 0 saturated carbocycles. The highest BCUT2D eigenvalue weighted by Crippen LogP contribution is 2.45. The van der Waals surface area contributed by atoms with Crippen LogP contribution >= 0.6 is 0 Å². The summed E-state index contributed by atoms with van der Waals surface area (Å²) in [5.41, 5.74) is 3.07. The Bertz CT molecular complexity index is 1170. The van der Waals surface area contributed by atoms with Crippen molar-refractivity contribution in [1.29, 1.82) is 0 Å². The van der Waals surface area contributed by atoms with Gasteiger partial charge in [0.05, 0.1) is 0 Å². The van der Waals surface area contributed by atoms with Crippen molar-refractivity contribution in [2.24, 2.45) is 11.8 Å². The highest BCUT2D eigenvalue weighted by molar-refractivity contribution is 6.29. The molecule has 6 rings (SSSR count). The van der Waals surface area contributed by atoms with Crippen molar-refractivity contribution < 1.29 is 24.0 Å². The number of fused-ring (bicyclic) bond motifs is 4. The first kappa shape index (κ1) is 19.0. The Labute approximate surface area is 183 Å². The normalized spacial score (nSPS) is 24.4. The smallest absolute Gasteiger partial charge is 0.190 e. The third kappa shape index (κ3) is 2.48. The number of carbonyl (C=O) groups excluding carboxylic acids is 5. The van der Waals surface area contributed by atoms with Gasteiger partial charge in [0, 0.05) is 56.4 Å². The molecule has 5 heteroatoms. The summed E-state index contributed by atoms with van der Waals surface area (Å²) in [5, 5.41) is 0. The van der Waals surface area contributed by atoms with Crippen molar-refractivity contribution in [3.63, 3.8) is 0 Å². The second kappa shape index (κ2) is 6.63. The largest absolute Gasteiger partial charge is 0.299 e. The van der Waals surface area contributed by atoms with E-state index in [0.717, 1.165) is 0 Å². The molecular weight excluding hydrogens is 404 g/mol. The van der Waals surface area contributed by atoms with E-state index in [2.05, 4.69) is 0 Å². The van der Waals surface area contributed by atoms with Gasteiger partial charge in [0.25, 0.3) is 0 Å². The molecule has 0 spiro atoms. The Kier molecular flexibility index (Phi) is 3.94. The summed E-state index contributed by atoms with van der Waals surface area (Å²) < 4.78 is 0. The van der Waals surface area contributed by atoms with Gasteiger partial charge in [-0.3, -0.25) is 24.0 Å². The van der Waals surface area contributed by atoms with E-state index < -0.39 is 11.8 Å². The van der Waals surface area contributed by atoms with Crippen LogP contribution in [0.4, 0.5) is 0 Å². The Morgan fingerprint density at radius 2 is 0.688 bits per heavy atom. The van der Waals surface area contributed by atoms with E-state index in [1.165, 1.54) is 0 Å². The first-order valence-electron chi connectivity index (χ1n) is 10.8. The fourth-order valence-electron chi connectivity index (χ4n) is 5.69. The summed E-state index contributed by atoms with van der Waals surface area (Å²) >= 11 is 0. The first-order chi connectivity index (χ1) is 15.5. The molecule has 0 aromatic heterocycles. The zero-order valence-electron chi connectivity index (χ0n) is 17.1. The molecule has 2 aromatic carbocycles. The lowest BCUT2D eigenvalue weighted by molar-refractivity contribution is -0.126. The average molecular weight is 422 g/mol. The van der Waals surface area contributed by atoms with Crippen molar-refractivity contribution in [2.75, 3.05) is 0 Å². The minimum atomic E-state index is -0.593. The second-order valence-electron chi connectivity index (χ2n) is 8.93. The van der Waals surface area contributed by atoms with Crippen LogP contribution in [-0.2, 0) is 4.79 Å². The van der Waals surface area contributed by atoms with E-state index >= 15 is 0 Å². The quantitative estimate of drug-likeness (QED) is 0.637. The van der Waals surface area contributed by atoms with Crippen molar-refractivity contribution in [2.45, 2.75) is 25.7 Å². The van der Waals surface area contributed by atoms with Crippen LogP contribution in [0.3, 0.4) is 0 Å². The fourth-order valence-corrected chi connectivity index (χ4v) is 5.69. The molecule has 0 N–H and O–H groups in total. The van der Waals surface area contributed by atoms with E-state index in [1.807, 2.05) is 0 Å². The second-order valence-corrected chi connectivity index (χ2v) is 8.93. The highest BCUT2D eigenvalue weighted by atomic mass is 16.2. The molecule has 4 aliphatic rings. The summed E-state index contributed by atoms with van der Waals surface area (Å²) in [4.78, 5) is 66.4. The highest BCUT2D eigenvalue weighted by Gasteiger charge is 2.45. The number of Topliss-reactive ketones (excluding diaryl/α,β-unsaturated/α-hetero) is 5. The maximum absolute atomic E-state index is 13.4. The van der Waals surface area contributed by atoms with E-state index in [4.69, 9.17) is 0 Å². The van der Waals surface area contributed by atoms with Crippen LogP contribution in [0.5, 0.6) is 0 Å². The Morgan fingerprint density at radius 1 is 0.438 bits per heavy atom. The number of carbonyl (C=O) groups is 5. The number of hydrogen-bond acceptors (Lipinski definition) is 5. The van der Waals surface area contributed by atoms with Crippen LogP contribution in [0, 0.1) is 11.8 Å². The van der Waals surface area contributed by atoms with Crippen molar-refractivity contribution >= 4 is 28.9 Å². The molecule has 0 fully saturated rings. The number of ketones is 5. The van der Waals surface area contributed by atoms with Crippen molar-refractivity contribution in [3.8, 4) is 0 Å². The third-order valence-corrected chi connectivity index (χ3v) is 7.26. The van der Waals surface area contributed by atoms with Crippen LogP contribution in [0.1, 0.15) is 67.1 Å². The molecule has 4 aliphatic carbocycles. The Morgan fingerprint density at radius 3 is 0.938 bits per heavy atom. The zero-order valence-corrected chi connectivity index (χ0v) is 17.1. The molecule has 0 unspecified atom stereocenters. The predicted molar refractivity (Wildman–Crippen MR) is 115 cm³/mol. The average Bonchev–Trinajstić information content (AvgIpc) is 3.04. The maximum Gasteiger partial charge on any atom is 0.190 e. The van der Waals surface area contributed by atoms with Gasteiger partial charge >= 0.3 is 0 Å². The lowest BCUT2D eigenvalue weighted by Crippen LogP contribution is -2.25. The molecule has 32 heavy (non-hydrogen) atoms. The third-order valence-electron chi connectivity index (χ3n) is 7.26. The molecule has 2 aromatic rings. The van der Waals surface area contributed by atoms with Crippen molar-refractivity contribution in [1.82, 2.24) is 0 Å². The van der Waals surface area contributed by atoms with Gasteiger partial charge in [0.2, 0.25) is 0 Å². The van der Waals surface area contributed by atoms with E-state index in [9.17, 15) is 24.0 Å². The number of rotatable bonds is 0. The summed E-state index contributed by atoms with van der Waals surface area (Å²) in [6.07, 6.45) is 0.514. The van der Waals surface area contributed by atoms with Crippen LogP contribution < -0.4 is 0 Å². The van der Waals surface area contributed by atoms with Gasteiger partial charge in [-0.15, -0.1) is 0 Å². The molecule has 0 saturated heterocycles. The molecule has 156 valence electrons. The zero-order chi connectivity index (χ0) is 22.1. The SMILES string of the molecule is O=C1C2=C(CC3CC4=C(CC(C2)C3=O)C(=O)c2ccccc2C4=O)C(=O)c2ccccc21. The van der Waals surface area contributed by atoms with Gasteiger partial charge in [0.1, 0.15) is 5.78 Å². The Hall–Kier alpha value is -3.73. The van der Waals surface area contributed by atoms with E-state index in [1.54, 1.807) is 48.5 Å². The van der Waals surface area contributed by atoms with Crippen LogP contribution in [0.2, 0.25) is 0 Å². The summed E-state index contributed by atoms with van der Waals surface area (Å²) in [6.45, 7) is 0. The predicted octanol–water partition coefficient (Wildman–Crippen LogP) is 4.13. The number of hydrogen-bond donors (Lipinski definition) is 0. The minimum Gasteiger partial charge on any atom is -0.299 e. The molecule has 0 heterocycles. The lowest BCUT2D eigenvalue weighted by atomic mass is 9.76. The van der Waals surface area contributed by atoms with Crippen molar-refractivity contribution in [3.05, 3.63) is 93.1 Å². The van der Waals surface area contributed by atoms with Crippen LogP contribution in [0.25, 0.3) is 0 Å². The molecule has 5 nitrogen and oxygen atoms in total. The molecular formula is C27H18O5. The number of allylic oxidation sites excluding steroid dienone is 4. The van der Waals surface area contributed by atoms with E-state index in [-0.39, 0.29) is 54.6 Å². The lowest BCUT2D eigenvalue weighted by Gasteiger charge is -2.24. The minimum absolute atomic E-state index is 0.0666. The fraction of sp³-hybridized carbons (Fsp3) is 0.222. The van der Waals surface area contributed by atoms with Gasteiger partial charge in [-0.05, 0) is 25.7 Å². The van der Waals surface area contributed by atoms with Gasteiger partial charge < -0.3 is 0 Å². The number of benzene rings is 2. The molecule has 0 radical (unpaired) electrons. The monoisotopic (exact) mass is 422 g/mol.